The van der Waals surface area contributed by atoms with Crippen molar-refractivity contribution >= 4 is 143 Å². The fourth-order valence-corrected chi connectivity index (χ4v) is 10.3. The number of amides is 2. The van der Waals surface area contributed by atoms with E-state index in [0.29, 0.717) is 0 Å². The molecule has 0 bridgehead atoms. The Labute approximate surface area is 450 Å². The number of nitrogens with zero attached hydrogens (tertiary/aromatic N) is 8. The molecule has 32 heteroatoms. The molecule has 0 spiro atoms. The number of phenolic OH excluding ortho intramolecular Hbond substituents is 2. The number of fused-ring (bicyclic) bond motifs is 2. The molecule has 0 fully saturated rings. The topological polar surface area (TPSA) is 495 Å². The number of nitrogen functional groups attached to an aromatic ring is 2. The van der Waals surface area contributed by atoms with Crippen LogP contribution in [-0.2, 0) is 40.5 Å². The summed E-state index contributed by atoms with van der Waals surface area (Å²) in [4.78, 5) is 19.4. The molecule has 0 saturated heterocycles. The van der Waals surface area contributed by atoms with Gasteiger partial charge < -0.3 is 33.1 Å². The van der Waals surface area contributed by atoms with Gasteiger partial charge in [-0.2, -0.15) is 54.1 Å². The Bertz CT molecular complexity index is 4290. The number of hydrogen-bond donors (Lipinski definition) is 10. The molecule has 80 heavy (non-hydrogen) atoms. The zero-order valence-electron chi connectivity index (χ0n) is 40.0. The highest BCUT2D eigenvalue weighted by atomic mass is 32.2. The van der Waals surface area contributed by atoms with Crippen LogP contribution in [0.2, 0.25) is 0 Å². The van der Waals surface area contributed by atoms with Crippen molar-refractivity contribution in [2.24, 2.45) is 52.4 Å². The van der Waals surface area contributed by atoms with Crippen molar-refractivity contribution in [3.05, 3.63) is 144 Å². The molecule has 8 rings (SSSR count). The van der Waals surface area contributed by atoms with Crippen molar-refractivity contribution in [2.45, 2.75) is 19.6 Å². The number of carbonyl (C=O) groups excluding carboxylic acids is 2. The largest absolute Gasteiger partial charge is 0.505 e. The molecule has 0 aliphatic rings. The van der Waals surface area contributed by atoms with E-state index in [1.807, 2.05) is 0 Å². The number of azo groups is 4. The average molecular weight is 1170 g/mol. The van der Waals surface area contributed by atoms with Gasteiger partial charge in [0.15, 0.2) is 11.5 Å². The van der Waals surface area contributed by atoms with Crippen molar-refractivity contribution < 1.29 is 71.7 Å². The van der Waals surface area contributed by atoms with Crippen LogP contribution in [0.5, 0.6) is 11.5 Å². The highest BCUT2D eigenvalue weighted by Crippen LogP contribution is 2.48. The molecule has 0 aliphatic carbocycles. The summed E-state index contributed by atoms with van der Waals surface area (Å²) in [5.41, 5.74) is 20.2. The van der Waals surface area contributed by atoms with Crippen molar-refractivity contribution in [3.8, 4) is 11.5 Å². The highest BCUT2D eigenvalue weighted by molar-refractivity contribution is 7.86. The zero-order chi connectivity index (χ0) is 58.2. The first kappa shape index (κ1) is 56.4. The number of carbonyl (C=O) groups is 2. The Balaban J connectivity index is 1.10. The highest BCUT2D eigenvalue weighted by Gasteiger charge is 2.27. The monoisotopic (exact) mass is 1160 g/mol. The van der Waals surface area contributed by atoms with Crippen LogP contribution >= 0.6 is 0 Å². The van der Waals surface area contributed by atoms with E-state index in [9.17, 15) is 71.7 Å². The number of phenols is 2. The summed E-state index contributed by atoms with van der Waals surface area (Å²) >= 11 is 0. The second-order valence-corrected chi connectivity index (χ2v) is 22.2. The van der Waals surface area contributed by atoms with Crippen LogP contribution in [0.1, 0.15) is 31.8 Å². The van der Waals surface area contributed by atoms with E-state index in [1.165, 1.54) is 84.9 Å². The maximum Gasteiger partial charge on any atom is 0.296 e. The van der Waals surface area contributed by atoms with Gasteiger partial charge in [-0.3, -0.25) is 27.8 Å². The molecular formula is C48H36N12O16S4. The van der Waals surface area contributed by atoms with Crippen molar-refractivity contribution in [2.75, 3.05) is 11.5 Å². The van der Waals surface area contributed by atoms with Crippen LogP contribution < -0.4 is 22.9 Å². The van der Waals surface area contributed by atoms with Gasteiger partial charge in [-0.25, -0.2) is 0 Å². The molecule has 408 valence electrons. The van der Waals surface area contributed by atoms with Crippen LogP contribution in [0.3, 0.4) is 0 Å². The molecule has 2 amide bonds. The molecule has 0 aliphatic heterocycles. The normalized spacial score (nSPS) is 12.8. The third kappa shape index (κ3) is 12.2. The molecular weight excluding hydrogens is 1130 g/mol. The predicted molar refractivity (Wildman–Crippen MR) is 288 cm³/mol. The number of aromatic hydroxyl groups is 2. The van der Waals surface area contributed by atoms with Crippen LogP contribution in [0, 0.1) is 0 Å². The average Bonchev–Trinajstić information content (AvgIpc) is 3.38. The van der Waals surface area contributed by atoms with E-state index in [2.05, 4.69) is 40.9 Å². The first-order valence-electron chi connectivity index (χ1n) is 22.0. The Kier molecular flexibility index (Phi) is 15.2. The van der Waals surface area contributed by atoms with Gasteiger partial charge >= 0.3 is 0 Å². The van der Waals surface area contributed by atoms with Gasteiger partial charge in [-0.05, 0) is 120 Å². The van der Waals surface area contributed by atoms with Gasteiger partial charge in [0.2, 0.25) is 11.8 Å². The minimum atomic E-state index is -5.16. The van der Waals surface area contributed by atoms with E-state index in [-0.39, 0.29) is 89.3 Å². The van der Waals surface area contributed by atoms with Gasteiger partial charge in [0.05, 0.1) is 44.9 Å². The Hall–Kier alpha value is -9.80. The molecule has 0 heterocycles. The smallest absolute Gasteiger partial charge is 0.296 e. The number of rotatable bonds is 16. The quantitative estimate of drug-likeness (QED) is 0.0186. The maximum atomic E-state index is 12.7. The Morgan fingerprint density at radius 2 is 0.700 bits per heavy atom. The number of anilines is 2. The Morgan fingerprint density at radius 3 is 1.01 bits per heavy atom. The molecule has 0 saturated carbocycles. The summed E-state index contributed by atoms with van der Waals surface area (Å²) in [7, 11) is -20.5. The van der Waals surface area contributed by atoms with Crippen molar-refractivity contribution in [1.82, 2.24) is 0 Å². The molecule has 0 aromatic heterocycles. The summed E-state index contributed by atoms with van der Waals surface area (Å²) < 4.78 is 142. The molecule has 14 N–H and O–H groups in total. The Morgan fingerprint density at radius 1 is 0.388 bits per heavy atom. The van der Waals surface area contributed by atoms with E-state index >= 15 is 0 Å². The number of hydrogen-bond acceptors (Lipinski definition) is 22. The number of primary amides is 2. The fraction of sp³-hybridized carbons (Fsp3) is 0. The van der Waals surface area contributed by atoms with Crippen LogP contribution in [0.25, 0.3) is 33.7 Å². The SMILES string of the molecule is NC(=O)c1ccc(N=Nc2c(S(=O)(=O)O)cc3c(N=Nc4ccc(/C=C/c5ccc(N=Nc6ccc(N)c7c(O)c(N=Nc8ccc(C(N)=O)cc8)c(S(=O)(=O)O)cc67)cc5S(=O)(=O)O)c(S(=O)(=O)O)c4)ccc(N)c3c2O)cc1. The molecule has 8 aromatic carbocycles. The third-order valence-electron chi connectivity index (χ3n) is 11.4. The van der Waals surface area contributed by atoms with Crippen LogP contribution in [0.4, 0.5) is 56.9 Å². The lowest BCUT2D eigenvalue weighted by atomic mass is 10.0. The van der Waals surface area contributed by atoms with Crippen molar-refractivity contribution in [1.29, 1.82) is 0 Å². The summed E-state index contributed by atoms with van der Waals surface area (Å²) in [5.74, 6) is -3.19. The van der Waals surface area contributed by atoms with Crippen LogP contribution in [0.15, 0.2) is 182 Å². The van der Waals surface area contributed by atoms with Crippen LogP contribution in [-0.4, -0.2) is 73.9 Å². The van der Waals surface area contributed by atoms with E-state index in [0.717, 1.165) is 48.6 Å². The van der Waals surface area contributed by atoms with Gasteiger partial charge in [-0.15, -0.1) is 20.5 Å². The number of benzene rings is 8. The maximum absolute atomic E-state index is 12.7. The molecule has 0 atom stereocenters. The van der Waals surface area contributed by atoms with Gasteiger partial charge in [0.25, 0.3) is 40.5 Å². The predicted octanol–water partition coefficient (Wildman–Crippen LogP) is 9.59. The summed E-state index contributed by atoms with van der Waals surface area (Å²) in [6.45, 7) is 0. The van der Waals surface area contributed by atoms with E-state index in [4.69, 9.17) is 22.9 Å². The molecule has 8 aromatic rings. The van der Waals surface area contributed by atoms with Crippen molar-refractivity contribution in [3.63, 3.8) is 0 Å². The molecule has 0 radical (unpaired) electrons. The zero-order valence-corrected chi connectivity index (χ0v) is 43.3. The van der Waals surface area contributed by atoms with Gasteiger partial charge in [0.1, 0.15) is 31.0 Å². The second-order valence-electron chi connectivity index (χ2n) is 16.6. The lowest BCUT2D eigenvalue weighted by molar-refractivity contribution is 0.0992. The summed E-state index contributed by atoms with van der Waals surface area (Å²) in [6, 6.07) is 23.7. The van der Waals surface area contributed by atoms with E-state index < -0.39 is 94.7 Å². The minimum absolute atomic E-state index is 0.0849. The standard InChI is InChI=1S/C48H36N12O16S4/c49-33-15-17-35(31-21-39(79(71,72)73)43(45(61)41(31)33)59-53-27-9-5-25(6-10-27)47(51)63)57-55-29-13-3-23(37(19-29)77(65,66)67)1-2-24-4-14-30(20-38(24)78(68,69)70)56-58-36-18-16-34(50)42-32(36)22-40(80(74,75)76)44(46(42)62)60-54-28-11-7-26(8-12-28)48(52)64/h1-22,61-62H,49-50H2,(H2,51,63)(H2,52,64)(H,65,66,67)(H,68,69,70)(H,71,72,73)(H,74,75,76)/b2-1+,57-55?,58-56?,59-53?,60-54?. The number of nitrogens with two attached hydrogens (primary N) is 4. The minimum Gasteiger partial charge on any atom is -0.505 e. The third-order valence-corrected chi connectivity index (χ3v) is 14.9. The molecule has 0 unspecified atom stereocenters. The lowest BCUT2D eigenvalue weighted by Crippen LogP contribution is -2.10. The fourth-order valence-electron chi connectivity index (χ4n) is 7.60. The van der Waals surface area contributed by atoms with Gasteiger partial charge in [0, 0.05) is 33.3 Å². The lowest BCUT2D eigenvalue weighted by Gasteiger charge is -2.12. The first-order valence-corrected chi connectivity index (χ1v) is 27.7. The summed E-state index contributed by atoms with van der Waals surface area (Å²) in [5, 5.41) is 53.3. The van der Waals surface area contributed by atoms with Gasteiger partial charge in [-0.1, -0.05) is 24.3 Å². The molecule has 28 nitrogen and oxygen atoms in total. The second kappa shape index (κ2) is 21.6. The van der Waals surface area contributed by atoms with E-state index in [1.54, 1.807) is 0 Å². The summed E-state index contributed by atoms with van der Waals surface area (Å²) in [6.07, 6.45) is 2.11. The first-order chi connectivity index (χ1) is 37.5.